The van der Waals surface area contributed by atoms with Crippen molar-refractivity contribution in [3.8, 4) is 10.6 Å². The summed E-state index contributed by atoms with van der Waals surface area (Å²) in [6, 6.07) is 8.56. The summed E-state index contributed by atoms with van der Waals surface area (Å²) in [6.45, 7) is 2.87. The van der Waals surface area contributed by atoms with Crippen molar-refractivity contribution >= 4 is 11.3 Å². The molecule has 3 aromatic heterocycles. The number of rotatable bonds is 4. The van der Waals surface area contributed by atoms with E-state index in [9.17, 15) is 0 Å². The molecule has 4 rings (SSSR count). The van der Waals surface area contributed by atoms with Gasteiger partial charge in [0.15, 0.2) is 5.76 Å². The summed E-state index contributed by atoms with van der Waals surface area (Å²) in [4.78, 5) is 3.48. The summed E-state index contributed by atoms with van der Waals surface area (Å²) in [6.07, 6.45) is 3.85. The number of hydrogen-bond acceptors (Lipinski definition) is 5. The highest BCUT2D eigenvalue weighted by Gasteiger charge is 2.29. The second-order valence-corrected chi connectivity index (χ2v) is 5.94. The Balaban J connectivity index is 1.37. The zero-order chi connectivity index (χ0) is 13.4. The third-order valence-corrected chi connectivity index (χ3v) is 4.43. The number of aromatic nitrogens is 3. The smallest absolute Gasteiger partial charge is 0.177 e. The van der Waals surface area contributed by atoms with Crippen LogP contribution in [0.3, 0.4) is 0 Å². The largest absolute Gasteiger partial charge is 0.355 e. The van der Waals surface area contributed by atoms with Gasteiger partial charge in [0.1, 0.15) is 0 Å². The van der Waals surface area contributed by atoms with Crippen molar-refractivity contribution in [3.05, 3.63) is 47.7 Å². The van der Waals surface area contributed by atoms with Gasteiger partial charge in [0.25, 0.3) is 0 Å². The summed E-state index contributed by atoms with van der Waals surface area (Å²) in [5.41, 5.74) is 0.993. The van der Waals surface area contributed by atoms with Crippen molar-refractivity contribution in [2.24, 2.45) is 0 Å². The molecule has 0 radical (unpaired) electrons. The molecule has 1 saturated heterocycles. The molecule has 0 saturated carbocycles. The van der Waals surface area contributed by atoms with E-state index in [4.69, 9.17) is 4.52 Å². The summed E-state index contributed by atoms with van der Waals surface area (Å²) >= 11 is 1.67. The average Bonchev–Trinajstić information content (AvgIpc) is 3.13. The van der Waals surface area contributed by atoms with E-state index in [0.29, 0.717) is 6.04 Å². The van der Waals surface area contributed by atoms with Crippen LogP contribution in [0.1, 0.15) is 11.7 Å². The second kappa shape index (κ2) is 4.88. The van der Waals surface area contributed by atoms with E-state index in [1.165, 1.54) is 0 Å². The maximum atomic E-state index is 5.39. The Bertz CT molecular complexity index is 668. The van der Waals surface area contributed by atoms with Crippen LogP contribution in [0, 0.1) is 0 Å². The molecular formula is C14H14N4OS. The highest BCUT2D eigenvalue weighted by Crippen LogP contribution is 2.27. The van der Waals surface area contributed by atoms with Gasteiger partial charge in [0, 0.05) is 38.1 Å². The van der Waals surface area contributed by atoms with Crippen molar-refractivity contribution in [1.29, 1.82) is 0 Å². The number of thiophene rings is 1. The van der Waals surface area contributed by atoms with Gasteiger partial charge in [-0.1, -0.05) is 11.2 Å². The lowest BCUT2D eigenvalue weighted by Gasteiger charge is -2.38. The highest BCUT2D eigenvalue weighted by molar-refractivity contribution is 7.13. The second-order valence-electron chi connectivity index (χ2n) is 4.99. The number of hydrogen-bond donors (Lipinski definition) is 0. The standard InChI is InChI=1S/C14H14N4OS/c1-3-14(20-6-1)13-7-11(16-19-13)8-17-9-12(10-17)18-5-2-4-15-18/h1-7,12H,8-10H2. The van der Waals surface area contributed by atoms with Gasteiger partial charge in [-0.15, -0.1) is 11.3 Å². The highest BCUT2D eigenvalue weighted by atomic mass is 32.1. The first-order valence-corrected chi connectivity index (χ1v) is 7.47. The molecule has 1 fully saturated rings. The fourth-order valence-electron chi connectivity index (χ4n) is 2.49. The van der Waals surface area contributed by atoms with Crippen LogP contribution in [0.4, 0.5) is 0 Å². The van der Waals surface area contributed by atoms with E-state index in [2.05, 4.69) is 15.2 Å². The third kappa shape index (κ3) is 2.17. The molecule has 0 unspecified atom stereocenters. The molecule has 0 aliphatic carbocycles. The van der Waals surface area contributed by atoms with Crippen molar-refractivity contribution in [2.75, 3.05) is 13.1 Å². The Morgan fingerprint density at radius 1 is 1.35 bits per heavy atom. The first kappa shape index (κ1) is 11.9. The first-order chi connectivity index (χ1) is 9.88. The average molecular weight is 286 g/mol. The molecule has 0 aromatic carbocycles. The van der Waals surface area contributed by atoms with E-state index < -0.39 is 0 Å². The molecular weight excluding hydrogens is 272 g/mol. The molecule has 3 aromatic rings. The van der Waals surface area contributed by atoms with Gasteiger partial charge < -0.3 is 4.52 Å². The zero-order valence-electron chi connectivity index (χ0n) is 10.8. The van der Waals surface area contributed by atoms with E-state index in [1.807, 2.05) is 46.7 Å². The molecule has 20 heavy (non-hydrogen) atoms. The topological polar surface area (TPSA) is 47.1 Å². The lowest BCUT2D eigenvalue weighted by atomic mass is 10.1. The van der Waals surface area contributed by atoms with Gasteiger partial charge in [-0.2, -0.15) is 5.10 Å². The SMILES string of the molecule is c1csc(-c2cc(CN3CC(n4cccn4)C3)no2)c1. The van der Waals surface area contributed by atoms with Crippen LogP contribution in [0.2, 0.25) is 0 Å². The Hall–Kier alpha value is -1.92. The predicted octanol–water partition coefficient (Wildman–Crippen LogP) is 2.66. The van der Waals surface area contributed by atoms with Crippen molar-refractivity contribution < 1.29 is 4.52 Å². The van der Waals surface area contributed by atoms with Gasteiger partial charge in [-0.3, -0.25) is 9.58 Å². The molecule has 5 nitrogen and oxygen atoms in total. The van der Waals surface area contributed by atoms with Gasteiger partial charge in [0.2, 0.25) is 0 Å². The van der Waals surface area contributed by atoms with E-state index in [0.717, 1.165) is 36.0 Å². The molecule has 1 aliphatic rings. The van der Waals surface area contributed by atoms with Crippen molar-refractivity contribution in [2.45, 2.75) is 12.6 Å². The zero-order valence-corrected chi connectivity index (χ0v) is 11.7. The molecule has 0 amide bonds. The lowest BCUT2D eigenvalue weighted by Crippen LogP contribution is -2.47. The normalized spacial score (nSPS) is 16.4. The Morgan fingerprint density at radius 3 is 3.05 bits per heavy atom. The molecule has 102 valence electrons. The molecule has 4 heterocycles. The molecule has 0 bridgehead atoms. The maximum Gasteiger partial charge on any atom is 0.177 e. The predicted molar refractivity (Wildman–Crippen MR) is 76.4 cm³/mol. The van der Waals surface area contributed by atoms with Crippen LogP contribution < -0.4 is 0 Å². The minimum absolute atomic E-state index is 0.494. The summed E-state index contributed by atoms with van der Waals surface area (Å²) in [5, 5.41) is 10.5. The first-order valence-electron chi connectivity index (χ1n) is 6.59. The quantitative estimate of drug-likeness (QED) is 0.740. The number of likely N-dealkylation sites (tertiary alicyclic amines) is 1. The molecule has 0 spiro atoms. The van der Waals surface area contributed by atoms with Crippen LogP contribution in [-0.2, 0) is 6.54 Å². The van der Waals surface area contributed by atoms with Crippen LogP contribution >= 0.6 is 11.3 Å². The summed E-state index contributed by atoms with van der Waals surface area (Å²) in [5.74, 6) is 0.860. The van der Waals surface area contributed by atoms with Crippen LogP contribution in [0.15, 0.2) is 46.6 Å². The van der Waals surface area contributed by atoms with E-state index >= 15 is 0 Å². The fraction of sp³-hybridized carbons (Fsp3) is 0.286. The van der Waals surface area contributed by atoms with Gasteiger partial charge >= 0.3 is 0 Å². The van der Waals surface area contributed by atoms with Gasteiger partial charge in [-0.05, 0) is 17.5 Å². The molecule has 0 N–H and O–H groups in total. The van der Waals surface area contributed by atoms with Crippen molar-refractivity contribution in [1.82, 2.24) is 19.8 Å². The van der Waals surface area contributed by atoms with Crippen LogP contribution in [0.5, 0.6) is 0 Å². The van der Waals surface area contributed by atoms with Crippen LogP contribution in [0.25, 0.3) is 10.6 Å². The number of nitrogens with zero attached hydrogens (tertiary/aromatic N) is 4. The van der Waals surface area contributed by atoms with Gasteiger partial charge in [0.05, 0.1) is 16.6 Å². The van der Waals surface area contributed by atoms with E-state index in [-0.39, 0.29) is 0 Å². The van der Waals surface area contributed by atoms with Crippen LogP contribution in [-0.4, -0.2) is 32.9 Å². The third-order valence-electron chi connectivity index (χ3n) is 3.55. The summed E-state index contributed by atoms with van der Waals surface area (Å²) < 4.78 is 7.42. The van der Waals surface area contributed by atoms with Gasteiger partial charge in [-0.25, -0.2) is 0 Å². The molecule has 0 atom stereocenters. The fourth-order valence-corrected chi connectivity index (χ4v) is 3.16. The minimum atomic E-state index is 0.494. The molecule has 1 aliphatic heterocycles. The van der Waals surface area contributed by atoms with E-state index in [1.54, 1.807) is 11.3 Å². The van der Waals surface area contributed by atoms with Crippen molar-refractivity contribution in [3.63, 3.8) is 0 Å². The Morgan fingerprint density at radius 2 is 2.30 bits per heavy atom. The maximum absolute atomic E-state index is 5.39. The summed E-state index contributed by atoms with van der Waals surface area (Å²) in [7, 11) is 0. The lowest BCUT2D eigenvalue weighted by molar-refractivity contribution is 0.0884. The Kier molecular flexibility index (Phi) is 2.90. The minimum Gasteiger partial charge on any atom is -0.355 e. The monoisotopic (exact) mass is 286 g/mol. The molecule has 6 heteroatoms. The Labute approximate surface area is 120 Å².